The van der Waals surface area contributed by atoms with Crippen LogP contribution in [0.1, 0.15) is 28.3 Å². The van der Waals surface area contributed by atoms with Crippen LogP contribution in [0.25, 0.3) is 5.70 Å². The zero-order valence-corrected chi connectivity index (χ0v) is 21.7. The highest BCUT2D eigenvalue weighted by Gasteiger charge is 2.33. The highest BCUT2D eigenvalue weighted by atomic mass is 16.2. The molecule has 8 heteroatoms. The van der Waals surface area contributed by atoms with Crippen molar-refractivity contribution in [2.45, 2.75) is 19.9 Å². The van der Waals surface area contributed by atoms with Crippen LogP contribution in [0.4, 0.5) is 11.6 Å². The highest BCUT2D eigenvalue weighted by Crippen LogP contribution is 2.36. The molecule has 8 nitrogen and oxygen atoms in total. The van der Waals surface area contributed by atoms with Gasteiger partial charge in [-0.3, -0.25) is 9.69 Å². The largest absolute Gasteiger partial charge is 0.368 e. The molecule has 3 heterocycles. The second-order valence-electron chi connectivity index (χ2n) is 9.99. The number of piperazine rings is 1. The van der Waals surface area contributed by atoms with E-state index in [-0.39, 0.29) is 18.5 Å². The van der Waals surface area contributed by atoms with Gasteiger partial charge in [0, 0.05) is 31.9 Å². The first-order chi connectivity index (χ1) is 18.6. The van der Waals surface area contributed by atoms with Gasteiger partial charge in [0.1, 0.15) is 12.6 Å². The van der Waals surface area contributed by atoms with Gasteiger partial charge in [0.05, 0.1) is 5.70 Å². The van der Waals surface area contributed by atoms with Gasteiger partial charge in [-0.1, -0.05) is 77.4 Å². The minimum Gasteiger partial charge on any atom is -0.368 e. The smallest absolute Gasteiger partial charge is 0.251 e. The molecule has 0 spiro atoms. The van der Waals surface area contributed by atoms with E-state index in [4.69, 9.17) is 0 Å². The molecule has 2 aliphatic heterocycles. The van der Waals surface area contributed by atoms with Gasteiger partial charge in [-0.05, 0) is 59.2 Å². The zero-order chi connectivity index (χ0) is 26.1. The number of aryl methyl sites for hydroxylation is 2. The van der Waals surface area contributed by atoms with Crippen molar-refractivity contribution in [1.29, 1.82) is 0 Å². The zero-order valence-electron chi connectivity index (χ0n) is 21.7. The summed E-state index contributed by atoms with van der Waals surface area (Å²) in [6.45, 7) is 7.34. The maximum absolute atomic E-state index is 13.6. The molecule has 4 aromatic rings. The van der Waals surface area contributed by atoms with E-state index in [2.05, 4.69) is 101 Å². The van der Waals surface area contributed by atoms with Gasteiger partial charge in [-0.25, -0.2) is 0 Å². The molecule has 3 aromatic carbocycles. The van der Waals surface area contributed by atoms with Gasteiger partial charge in [-0.15, -0.1) is 0 Å². The number of carbonyl (C=O) groups is 1. The minimum atomic E-state index is -0.165. The number of carbonyl (C=O) groups excluding carboxylic acids is 1. The van der Waals surface area contributed by atoms with Gasteiger partial charge >= 0.3 is 0 Å². The number of tetrazole rings is 1. The molecule has 0 radical (unpaired) electrons. The Hall–Kier alpha value is -4.46. The molecular weight excluding hydrogens is 474 g/mol. The third-order valence-electron chi connectivity index (χ3n) is 7.37. The summed E-state index contributed by atoms with van der Waals surface area (Å²) in [7, 11) is 0. The fourth-order valence-electron chi connectivity index (χ4n) is 5.26. The predicted octanol–water partition coefficient (Wildman–Crippen LogP) is 4.09. The average molecular weight is 506 g/mol. The van der Waals surface area contributed by atoms with Crippen LogP contribution >= 0.6 is 0 Å². The summed E-state index contributed by atoms with van der Waals surface area (Å²) in [6, 6.07) is 26.9. The first-order valence-corrected chi connectivity index (χ1v) is 13.1. The first kappa shape index (κ1) is 23.9. The molecule has 38 heavy (non-hydrogen) atoms. The number of allylic oxidation sites excluding steroid dienone is 1. The number of nitrogens with zero attached hydrogens (tertiary/aromatic N) is 7. The van der Waals surface area contributed by atoms with Crippen LogP contribution in [0.2, 0.25) is 0 Å². The molecule has 0 bridgehead atoms. The van der Waals surface area contributed by atoms with E-state index in [1.165, 1.54) is 16.8 Å². The van der Waals surface area contributed by atoms with Crippen molar-refractivity contribution in [2.75, 3.05) is 42.5 Å². The number of amides is 1. The molecule has 0 saturated carbocycles. The molecule has 0 N–H and O–H groups in total. The third-order valence-corrected chi connectivity index (χ3v) is 7.37. The fraction of sp³-hybridized carbons (Fsp3) is 0.267. The monoisotopic (exact) mass is 505 g/mol. The van der Waals surface area contributed by atoms with E-state index in [9.17, 15) is 4.79 Å². The number of rotatable bonds is 5. The predicted molar refractivity (Wildman–Crippen MR) is 149 cm³/mol. The van der Waals surface area contributed by atoms with Crippen LogP contribution < -0.4 is 9.80 Å². The van der Waals surface area contributed by atoms with E-state index in [0.29, 0.717) is 19.0 Å². The molecule has 1 aromatic heterocycles. The van der Waals surface area contributed by atoms with Crippen LogP contribution in [0, 0.1) is 13.8 Å². The van der Waals surface area contributed by atoms with Gasteiger partial charge in [-0.2, -0.15) is 4.68 Å². The number of fused-ring (bicyclic) bond motifs is 1. The van der Waals surface area contributed by atoms with E-state index < -0.39 is 0 Å². The van der Waals surface area contributed by atoms with Crippen LogP contribution in [0.15, 0.2) is 84.9 Å². The molecule has 192 valence electrons. The van der Waals surface area contributed by atoms with E-state index in [1.54, 1.807) is 4.68 Å². The Kier molecular flexibility index (Phi) is 6.37. The lowest BCUT2D eigenvalue weighted by atomic mass is 10.00. The maximum Gasteiger partial charge on any atom is 0.251 e. The Morgan fingerprint density at radius 1 is 0.868 bits per heavy atom. The lowest BCUT2D eigenvalue weighted by molar-refractivity contribution is -0.129. The minimum absolute atomic E-state index is 0.0691. The molecule has 2 aliphatic rings. The van der Waals surface area contributed by atoms with Crippen molar-refractivity contribution in [2.24, 2.45) is 0 Å². The van der Waals surface area contributed by atoms with Crippen molar-refractivity contribution in [3.05, 3.63) is 107 Å². The Balaban J connectivity index is 1.26. The summed E-state index contributed by atoms with van der Waals surface area (Å²) in [5, 5.41) is 12.7. The normalized spacial score (nSPS) is 17.3. The van der Waals surface area contributed by atoms with Crippen molar-refractivity contribution in [3.8, 4) is 0 Å². The van der Waals surface area contributed by atoms with E-state index in [0.717, 1.165) is 29.9 Å². The molecule has 0 aliphatic carbocycles. The molecule has 1 amide bonds. The van der Waals surface area contributed by atoms with Crippen molar-refractivity contribution >= 4 is 23.2 Å². The van der Waals surface area contributed by atoms with Gasteiger partial charge < -0.3 is 9.80 Å². The summed E-state index contributed by atoms with van der Waals surface area (Å²) >= 11 is 0. The summed E-state index contributed by atoms with van der Waals surface area (Å²) in [4.78, 5) is 19.9. The number of aromatic nitrogens is 4. The van der Waals surface area contributed by atoms with Crippen molar-refractivity contribution in [1.82, 2.24) is 25.1 Å². The van der Waals surface area contributed by atoms with Gasteiger partial charge in [0.15, 0.2) is 0 Å². The van der Waals surface area contributed by atoms with Crippen molar-refractivity contribution < 1.29 is 4.79 Å². The number of anilines is 2. The van der Waals surface area contributed by atoms with Gasteiger partial charge in [0.25, 0.3) is 5.95 Å². The fourth-order valence-corrected chi connectivity index (χ4v) is 5.26. The van der Waals surface area contributed by atoms with Crippen LogP contribution in [-0.2, 0) is 4.79 Å². The van der Waals surface area contributed by atoms with E-state index in [1.807, 2.05) is 28.0 Å². The standard InChI is InChI=1S/C30H31N7O/c1-22-11-13-25(14-12-22)27-20-28(24-8-4-3-5-9-24)37-30(31-32-33-37)36(27)21-29(38)35-17-15-34(16-18-35)26-10-6-7-23(2)19-26/h3-14,19-20,28H,15-18,21H2,1-2H3. The van der Waals surface area contributed by atoms with Gasteiger partial charge in [0.2, 0.25) is 5.91 Å². The molecule has 1 fully saturated rings. The number of hydrogen-bond acceptors (Lipinski definition) is 6. The first-order valence-electron chi connectivity index (χ1n) is 13.1. The molecule has 1 atom stereocenters. The molecular formula is C30H31N7O. The Bertz CT molecular complexity index is 1450. The SMILES string of the molecule is Cc1ccc(C2=CC(c3ccccc3)n3nnnc3N2CC(=O)N2CCN(c3cccc(C)c3)CC2)cc1. The Labute approximate surface area is 222 Å². The van der Waals surface area contributed by atoms with Crippen molar-refractivity contribution in [3.63, 3.8) is 0 Å². The number of benzene rings is 3. The Morgan fingerprint density at radius 2 is 1.63 bits per heavy atom. The maximum atomic E-state index is 13.6. The molecule has 6 rings (SSSR count). The second-order valence-corrected chi connectivity index (χ2v) is 9.99. The summed E-state index contributed by atoms with van der Waals surface area (Å²) in [5.74, 6) is 0.642. The second kappa shape index (κ2) is 10.1. The lowest BCUT2D eigenvalue weighted by Crippen LogP contribution is -2.51. The molecule has 1 unspecified atom stereocenters. The topological polar surface area (TPSA) is 70.4 Å². The average Bonchev–Trinajstić information content (AvgIpc) is 3.45. The van der Waals surface area contributed by atoms with Crippen LogP contribution in [-0.4, -0.2) is 63.7 Å². The van der Waals surface area contributed by atoms with Crippen LogP contribution in [0.5, 0.6) is 0 Å². The lowest BCUT2D eigenvalue weighted by Gasteiger charge is -2.38. The quantitative estimate of drug-likeness (QED) is 0.407. The summed E-state index contributed by atoms with van der Waals surface area (Å²) in [5.41, 5.74) is 6.69. The summed E-state index contributed by atoms with van der Waals surface area (Å²) in [6.07, 6.45) is 2.16. The number of hydrogen-bond donors (Lipinski definition) is 0. The van der Waals surface area contributed by atoms with Crippen LogP contribution in [0.3, 0.4) is 0 Å². The van der Waals surface area contributed by atoms with E-state index >= 15 is 0 Å². The molecule has 1 saturated heterocycles. The highest BCUT2D eigenvalue weighted by molar-refractivity contribution is 5.89. The Morgan fingerprint density at radius 3 is 2.37 bits per heavy atom. The summed E-state index contributed by atoms with van der Waals surface area (Å²) < 4.78 is 1.80. The third kappa shape index (κ3) is 4.65.